The molecule has 0 aliphatic carbocycles. The Labute approximate surface area is 157 Å². The fourth-order valence-corrected chi connectivity index (χ4v) is 2.85. The molecule has 2 amide bonds. The van der Waals surface area contributed by atoms with Gasteiger partial charge in [-0.3, -0.25) is 4.98 Å². The van der Waals surface area contributed by atoms with Gasteiger partial charge in [-0.2, -0.15) is 0 Å². The third-order valence-electron chi connectivity index (χ3n) is 3.65. The second-order valence-electron chi connectivity index (χ2n) is 5.76. The Morgan fingerprint density at radius 2 is 1.58 bits per heavy atom. The van der Waals surface area contributed by atoms with E-state index in [2.05, 4.69) is 39.4 Å². The molecule has 0 saturated carbocycles. The van der Waals surface area contributed by atoms with Crippen molar-refractivity contribution in [2.75, 3.05) is 10.0 Å². The van der Waals surface area contributed by atoms with Gasteiger partial charge < -0.3 is 15.4 Å². The molecular weight excluding hydrogens is 344 g/mol. The van der Waals surface area contributed by atoms with Crippen molar-refractivity contribution < 1.29 is 4.79 Å². The van der Waals surface area contributed by atoms with Gasteiger partial charge in [0.05, 0.1) is 0 Å². The summed E-state index contributed by atoms with van der Waals surface area (Å²) in [4.78, 5) is 17.0. The van der Waals surface area contributed by atoms with E-state index in [9.17, 15) is 4.79 Å². The van der Waals surface area contributed by atoms with Crippen molar-refractivity contribution in [1.29, 1.82) is 0 Å². The highest BCUT2D eigenvalue weighted by Gasteiger charge is 2.02. The Morgan fingerprint density at radius 1 is 0.923 bits per heavy atom. The molecule has 3 aromatic rings. The number of aromatic nitrogens is 1. The molecule has 132 valence electrons. The second kappa shape index (κ2) is 8.92. The molecule has 0 unspecified atom stereocenters. The summed E-state index contributed by atoms with van der Waals surface area (Å²) in [5, 5.41) is 5.64. The highest BCUT2D eigenvalue weighted by atomic mass is 32.2. The Hall–Kier alpha value is -2.99. The topological polar surface area (TPSA) is 66.0 Å². The molecule has 0 aliphatic rings. The molecule has 0 saturated heterocycles. The zero-order valence-electron chi connectivity index (χ0n) is 14.4. The normalized spacial score (nSPS) is 10.2. The number of amides is 2. The van der Waals surface area contributed by atoms with E-state index in [1.165, 1.54) is 17.5 Å². The van der Waals surface area contributed by atoms with Gasteiger partial charge in [-0.25, -0.2) is 4.79 Å². The van der Waals surface area contributed by atoms with Crippen LogP contribution in [-0.4, -0.2) is 11.0 Å². The van der Waals surface area contributed by atoms with Crippen molar-refractivity contribution in [2.45, 2.75) is 18.4 Å². The predicted octanol–water partition coefficient (Wildman–Crippen LogP) is 4.83. The van der Waals surface area contributed by atoms with Crippen LogP contribution in [0.15, 0.2) is 78.0 Å². The maximum Gasteiger partial charge on any atom is 0.319 e. The number of hydrogen-bond donors (Lipinski definition) is 3. The number of aryl methyl sites for hydroxylation is 1. The van der Waals surface area contributed by atoms with Crippen molar-refractivity contribution >= 4 is 29.4 Å². The molecule has 0 atom stereocenters. The number of carbonyl (C=O) groups excluding carboxylic acids is 1. The second-order valence-corrected chi connectivity index (χ2v) is 6.64. The van der Waals surface area contributed by atoms with Gasteiger partial charge in [-0.15, -0.1) is 0 Å². The molecule has 5 nitrogen and oxygen atoms in total. The SMILES string of the molecule is Cc1ccc(NSc2ccc(NC(=O)NCc3ccncc3)cc2)cc1. The van der Waals surface area contributed by atoms with Gasteiger partial charge in [-0.1, -0.05) is 17.7 Å². The van der Waals surface area contributed by atoms with E-state index in [0.717, 1.165) is 21.8 Å². The number of hydrogen-bond acceptors (Lipinski definition) is 4. The minimum atomic E-state index is -0.236. The molecular formula is C20H20N4OS. The van der Waals surface area contributed by atoms with Gasteiger partial charge in [-0.05, 0) is 73.0 Å². The Morgan fingerprint density at radius 3 is 2.27 bits per heavy atom. The number of urea groups is 1. The van der Waals surface area contributed by atoms with Crippen molar-refractivity contribution in [3.63, 3.8) is 0 Å². The molecule has 1 aromatic heterocycles. The maximum atomic E-state index is 12.0. The summed E-state index contributed by atoms with van der Waals surface area (Å²) in [7, 11) is 0. The monoisotopic (exact) mass is 364 g/mol. The van der Waals surface area contributed by atoms with Crippen molar-refractivity contribution in [3.8, 4) is 0 Å². The fourth-order valence-electron chi connectivity index (χ4n) is 2.20. The standard InChI is InChI=1S/C20H20N4OS/c1-15-2-4-18(5-3-15)24-26-19-8-6-17(7-9-19)23-20(25)22-14-16-10-12-21-13-11-16/h2-13,24H,14H2,1H3,(H2,22,23,25). The van der Waals surface area contributed by atoms with Gasteiger partial charge in [0.25, 0.3) is 0 Å². The molecule has 2 aromatic carbocycles. The van der Waals surface area contributed by atoms with Gasteiger partial charge in [0, 0.05) is 35.2 Å². The lowest BCUT2D eigenvalue weighted by Gasteiger charge is -2.09. The van der Waals surface area contributed by atoms with Crippen molar-refractivity contribution in [1.82, 2.24) is 10.3 Å². The summed E-state index contributed by atoms with van der Waals surface area (Å²) in [6.07, 6.45) is 3.41. The van der Waals surface area contributed by atoms with E-state index in [1.807, 2.05) is 48.5 Å². The molecule has 0 fully saturated rings. The van der Waals surface area contributed by atoms with Crippen LogP contribution in [0.3, 0.4) is 0 Å². The summed E-state index contributed by atoms with van der Waals surface area (Å²) in [6.45, 7) is 2.53. The number of rotatable bonds is 6. The number of pyridine rings is 1. The smallest absolute Gasteiger partial charge is 0.319 e. The predicted molar refractivity (Wildman–Crippen MR) is 107 cm³/mol. The van der Waals surface area contributed by atoms with Crippen LogP contribution in [0, 0.1) is 6.92 Å². The average molecular weight is 364 g/mol. The quantitative estimate of drug-likeness (QED) is 0.548. The lowest BCUT2D eigenvalue weighted by molar-refractivity contribution is 0.251. The van der Waals surface area contributed by atoms with E-state index in [-0.39, 0.29) is 6.03 Å². The first-order valence-corrected chi connectivity index (χ1v) is 9.04. The zero-order chi connectivity index (χ0) is 18.2. The lowest BCUT2D eigenvalue weighted by atomic mass is 10.2. The van der Waals surface area contributed by atoms with Gasteiger partial charge >= 0.3 is 6.03 Å². The minimum Gasteiger partial charge on any atom is -0.334 e. The number of carbonyl (C=O) groups is 1. The molecule has 0 aliphatic heterocycles. The minimum absolute atomic E-state index is 0.236. The van der Waals surface area contributed by atoms with Crippen LogP contribution in [0.4, 0.5) is 16.2 Å². The Balaban J connectivity index is 1.46. The summed E-state index contributed by atoms with van der Waals surface area (Å²) in [5.41, 5.74) is 4.04. The highest BCUT2D eigenvalue weighted by molar-refractivity contribution is 8.00. The molecule has 6 heteroatoms. The van der Waals surface area contributed by atoms with Gasteiger partial charge in [0.2, 0.25) is 0 Å². The molecule has 26 heavy (non-hydrogen) atoms. The third kappa shape index (κ3) is 5.53. The van der Waals surface area contributed by atoms with Gasteiger partial charge in [0.15, 0.2) is 0 Å². The van der Waals surface area contributed by atoms with Crippen LogP contribution in [0.25, 0.3) is 0 Å². The molecule has 0 radical (unpaired) electrons. The van der Waals surface area contributed by atoms with Crippen LogP contribution < -0.4 is 15.4 Å². The fraction of sp³-hybridized carbons (Fsp3) is 0.100. The summed E-state index contributed by atoms with van der Waals surface area (Å²) in [6, 6.07) is 19.4. The Bertz CT molecular complexity index is 836. The molecule has 0 spiro atoms. The molecule has 3 N–H and O–H groups in total. The third-order valence-corrected chi connectivity index (χ3v) is 4.50. The number of anilines is 2. The first-order chi connectivity index (χ1) is 12.7. The highest BCUT2D eigenvalue weighted by Crippen LogP contribution is 2.22. The van der Waals surface area contributed by atoms with E-state index in [0.29, 0.717) is 6.54 Å². The van der Waals surface area contributed by atoms with Crippen molar-refractivity contribution in [2.24, 2.45) is 0 Å². The van der Waals surface area contributed by atoms with E-state index >= 15 is 0 Å². The first-order valence-electron chi connectivity index (χ1n) is 8.22. The van der Waals surface area contributed by atoms with Crippen LogP contribution in [0.2, 0.25) is 0 Å². The average Bonchev–Trinajstić information content (AvgIpc) is 2.68. The van der Waals surface area contributed by atoms with Gasteiger partial charge in [0.1, 0.15) is 0 Å². The van der Waals surface area contributed by atoms with Crippen LogP contribution in [0.1, 0.15) is 11.1 Å². The largest absolute Gasteiger partial charge is 0.334 e. The molecule has 0 bridgehead atoms. The number of benzene rings is 2. The summed E-state index contributed by atoms with van der Waals surface area (Å²) >= 11 is 1.53. The molecule has 1 heterocycles. The summed E-state index contributed by atoms with van der Waals surface area (Å²) < 4.78 is 3.30. The molecule has 3 rings (SSSR count). The van der Waals surface area contributed by atoms with Crippen LogP contribution >= 0.6 is 11.9 Å². The van der Waals surface area contributed by atoms with Crippen LogP contribution in [-0.2, 0) is 6.54 Å². The zero-order valence-corrected chi connectivity index (χ0v) is 15.2. The maximum absolute atomic E-state index is 12.0. The number of nitrogens with one attached hydrogen (secondary N) is 3. The summed E-state index contributed by atoms with van der Waals surface area (Å²) in [5.74, 6) is 0. The lowest BCUT2D eigenvalue weighted by Crippen LogP contribution is -2.28. The van der Waals surface area contributed by atoms with E-state index in [1.54, 1.807) is 12.4 Å². The Kier molecular flexibility index (Phi) is 6.11. The van der Waals surface area contributed by atoms with E-state index in [4.69, 9.17) is 0 Å². The van der Waals surface area contributed by atoms with Crippen LogP contribution in [0.5, 0.6) is 0 Å². The van der Waals surface area contributed by atoms with E-state index < -0.39 is 0 Å². The first kappa shape index (κ1) is 17.8. The van der Waals surface area contributed by atoms with Crippen molar-refractivity contribution in [3.05, 3.63) is 84.2 Å². The number of nitrogens with zero attached hydrogens (tertiary/aromatic N) is 1.